The lowest BCUT2D eigenvalue weighted by molar-refractivity contribution is 0.415. The highest BCUT2D eigenvalue weighted by Crippen LogP contribution is 2.21. The zero-order valence-electron chi connectivity index (χ0n) is 8.32. The van der Waals surface area contributed by atoms with Crippen molar-refractivity contribution >= 4 is 17.2 Å². The molecule has 1 aromatic heterocycles. The van der Waals surface area contributed by atoms with Gasteiger partial charge in [-0.2, -0.15) is 0 Å². The Morgan fingerprint density at radius 3 is 2.93 bits per heavy atom. The van der Waals surface area contributed by atoms with Crippen molar-refractivity contribution in [2.75, 3.05) is 7.11 Å². The van der Waals surface area contributed by atoms with E-state index in [1.165, 1.54) is 0 Å². The fourth-order valence-corrected chi connectivity index (χ4v) is 1.56. The first-order chi connectivity index (χ1) is 6.76. The molecule has 2 aromatic rings. The predicted octanol–water partition coefficient (Wildman–Crippen LogP) is 2.45. The molecule has 3 heteroatoms. The minimum absolute atomic E-state index is 0.825. The Morgan fingerprint density at radius 1 is 1.50 bits per heavy atom. The third-order valence-corrected chi connectivity index (χ3v) is 2.26. The topological polar surface area (TPSA) is 27.1 Å². The number of benzene rings is 1. The van der Waals surface area contributed by atoms with Crippen LogP contribution in [-0.2, 0) is 0 Å². The zero-order chi connectivity index (χ0) is 10.1. The van der Waals surface area contributed by atoms with Crippen LogP contribution in [0, 0.1) is 6.92 Å². The van der Waals surface area contributed by atoms with Crippen LogP contribution in [0.3, 0.4) is 0 Å². The second-order valence-electron chi connectivity index (χ2n) is 3.07. The van der Waals surface area contributed by atoms with E-state index in [4.69, 9.17) is 4.74 Å². The molecule has 1 aromatic carbocycles. The van der Waals surface area contributed by atoms with E-state index >= 15 is 0 Å². The molecular formula is C11H12N2O. The molecule has 0 aliphatic carbocycles. The van der Waals surface area contributed by atoms with Gasteiger partial charge in [0.15, 0.2) is 0 Å². The molecule has 0 amide bonds. The first kappa shape index (κ1) is 8.81. The molecule has 1 heterocycles. The van der Waals surface area contributed by atoms with E-state index < -0.39 is 0 Å². The number of fused-ring (bicyclic) bond motifs is 1. The second kappa shape index (κ2) is 3.18. The van der Waals surface area contributed by atoms with Gasteiger partial charge in [-0.25, -0.2) is 4.98 Å². The molecule has 3 nitrogen and oxygen atoms in total. The molecule has 14 heavy (non-hydrogen) atoms. The van der Waals surface area contributed by atoms with Gasteiger partial charge in [0.05, 0.1) is 18.1 Å². The quantitative estimate of drug-likeness (QED) is 0.723. The Kier molecular flexibility index (Phi) is 2.00. The van der Waals surface area contributed by atoms with Crippen LogP contribution < -0.4 is 4.74 Å². The van der Waals surface area contributed by atoms with Crippen molar-refractivity contribution in [1.82, 2.24) is 9.55 Å². The molecule has 0 spiro atoms. The highest BCUT2D eigenvalue weighted by molar-refractivity contribution is 5.79. The van der Waals surface area contributed by atoms with Crippen LogP contribution in [0.25, 0.3) is 17.2 Å². The summed E-state index contributed by atoms with van der Waals surface area (Å²) in [6, 6.07) is 5.82. The van der Waals surface area contributed by atoms with Crippen molar-refractivity contribution in [2.24, 2.45) is 0 Å². The molecule has 0 aliphatic heterocycles. The predicted molar refractivity (Wildman–Crippen MR) is 57.4 cm³/mol. The molecule has 0 radical (unpaired) electrons. The monoisotopic (exact) mass is 188 g/mol. The van der Waals surface area contributed by atoms with E-state index in [9.17, 15) is 0 Å². The first-order valence-electron chi connectivity index (χ1n) is 4.41. The largest absolute Gasteiger partial charge is 0.497 e. The molecule has 0 fully saturated rings. The van der Waals surface area contributed by atoms with Gasteiger partial charge < -0.3 is 9.30 Å². The number of hydrogen-bond donors (Lipinski definition) is 0. The number of hydrogen-bond acceptors (Lipinski definition) is 2. The summed E-state index contributed by atoms with van der Waals surface area (Å²) in [6.07, 6.45) is 1.76. The summed E-state index contributed by atoms with van der Waals surface area (Å²) in [7, 11) is 1.65. The van der Waals surface area contributed by atoms with E-state index in [1.54, 1.807) is 13.3 Å². The highest BCUT2D eigenvalue weighted by Gasteiger charge is 2.05. The Morgan fingerprint density at radius 2 is 2.29 bits per heavy atom. The molecular weight excluding hydrogens is 176 g/mol. The standard InChI is InChI=1S/C11H12N2O/c1-4-13-8(2)12-10-7-9(14-3)5-6-11(10)13/h4-7H,1H2,2-3H3. The first-order valence-corrected chi connectivity index (χ1v) is 4.41. The number of methoxy groups -OCH3 is 1. The number of aryl methyl sites for hydroxylation is 1. The summed E-state index contributed by atoms with van der Waals surface area (Å²) in [5.41, 5.74) is 1.99. The third-order valence-electron chi connectivity index (χ3n) is 2.26. The van der Waals surface area contributed by atoms with Gasteiger partial charge in [0.25, 0.3) is 0 Å². The van der Waals surface area contributed by atoms with E-state index in [-0.39, 0.29) is 0 Å². The lowest BCUT2D eigenvalue weighted by atomic mass is 10.3. The van der Waals surface area contributed by atoms with Gasteiger partial charge in [0.2, 0.25) is 0 Å². The highest BCUT2D eigenvalue weighted by atomic mass is 16.5. The summed E-state index contributed by atoms with van der Waals surface area (Å²) < 4.78 is 7.08. The van der Waals surface area contributed by atoms with E-state index in [0.29, 0.717) is 0 Å². The average molecular weight is 188 g/mol. The van der Waals surface area contributed by atoms with E-state index in [0.717, 1.165) is 22.6 Å². The number of aromatic nitrogens is 2. The van der Waals surface area contributed by atoms with Gasteiger partial charge in [-0.1, -0.05) is 6.58 Å². The molecule has 0 saturated heterocycles. The average Bonchev–Trinajstić information content (AvgIpc) is 2.51. The third kappa shape index (κ3) is 1.18. The van der Waals surface area contributed by atoms with Gasteiger partial charge in [-0.15, -0.1) is 0 Å². The summed E-state index contributed by atoms with van der Waals surface area (Å²) in [4.78, 5) is 4.40. The SMILES string of the molecule is C=Cn1c(C)nc2cc(OC)ccc21. The molecule has 0 bridgehead atoms. The molecule has 0 saturated carbocycles. The molecule has 0 N–H and O–H groups in total. The smallest absolute Gasteiger partial charge is 0.121 e. The van der Waals surface area contributed by atoms with Crippen LogP contribution in [0.5, 0.6) is 5.75 Å². The molecule has 2 rings (SSSR count). The number of ether oxygens (including phenoxy) is 1. The van der Waals surface area contributed by atoms with Crippen molar-refractivity contribution in [3.8, 4) is 5.75 Å². The van der Waals surface area contributed by atoms with Crippen LogP contribution in [0.15, 0.2) is 24.8 Å². The minimum atomic E-state index is 0.825. The van der Waals surface area contributed by atoms with Crippen LogP contribution in [0.4, 0.5) is 0 Å². The fourth-order valence-electron chi connectivity index (χ4n) is 1.56. The fraction of sp³-hybridized carbons (Fsp3) is 0.182. The molecule has 0 unspecified atom stereocenters. The van der Waals surface area contributed by atoms with Crippen LogP contribution in [0.1, 0.15) is 5.82 Å². The van der Waals surface area contributed by atoms with Crippen LogP contribution in [-0.4, -0.2) is 16.7 Å². The Labute approximate surface area is 82.6 Å². The maximum Gasteiger partial charge on any atom is 0.121 e. The van der Waals surface area contributed by atoms with Gasteiger partial charge in [-0.3, -0.25) is 0 Å². The summed E-state index contributed by atoms with van der Waals surface area (Å²) in [5.74, 6) is 1.76. The van der Waals surface area contributed by atoms with Crippen LogP contribution >= 0.6 is 0 Å². The van der Waals surface area contributed by atoms with E-state index in [2.05, 4.69) is 11.6 Å². The van der Waals surface area contributed by atoms with Crippen molar-refractivity contribution in [3.05, 3.63) is 30.6 Å². The Hall–Kier alpha value is -1.77. The van der Waals surface area contributed by atoms with Crippen molar-refractivity contribution in [2.45, 2.75) is 6.92 Å². The minimum Gasteiger partial charge on any atom is -0.497 e. The van der Waals surface area contributed by atoms with Gasteiger partial charge >= 0.3 is 0 Å². The Bertz CT molecular complexity index is 485. The van der Waals surface area contributed by atoms with Crippen molar-refractivity contribution in [1.29, 1.82) is 0 Å². The van der Waals surface area contributed by atoms with Crippen molar-refractivity contribution in [3.63, 3.8) is 0 Å². The number of rotatable bonds is 2. The number of imidazole rings is 1. The summed E-state index contributed by atoms with van der Waals surface area (Å²) >= 11 is 0. The zero-order valence-corrected chi connectivity index (χ0v) is 8.32. The van der Waals surface area contributed by atoms with Gasteiger partial charge in [0.1, 0.15) is 11.6 Å². The summed E-state index contributed by atoms with van der Waals surface area (Å²) in [6.45, 7) is 5.70. The lowest BCUT2D eigenvalue weighted by Gasteiger charge is -1.99. The van der Waals surface area contributed by atoms with Gasteiger partial charge in [0, 0.05) is 12.3 Å². The Balaban J connectivity index is 2.74. The molecule has 0 atom stereocenters. The molecule has 72 valence electrons. The number of nitrogens with zero attached hydrogens (tertiary/aromatic N) is 2. The van der Waals surface area contributed by atoms with Gasteiger partial charge in [-0.05, 0) is 19.1 Å². The lowest BCUT2D eigenvalue weighted by Crippen LogP contribution is -1.88. The maximum absolute atomic E-state index is 5.13. The van der Waals surface area contributed by atoms with E-state index in [1.807, 2.05) is 29.7 Å². The molecule has 0 aliphatic rings. The maximum atomic E-state index is 5.13. The normalized spacial score (nSPS) is 10.4. The van der Waals surface area contributed by atoms with Crippen molar-refractivity contribution < 1.29 is 4.74 Å². The summed E-state index contributed by atoms with van der Waals surface area (Å²) in [5, 5.41) is 0. The van der Waals surface area contributed by atoms with Crippen LogP contribution in [0.2, 0.25) is 0 Å². The second-order valence-corrected chi connectivity index (χ2v) is 3.07.